The third-order valence-electron chi connectivity index (χ3n) is 3.55. The summed E-state index contributed by atoms with van der Waals surface area (Å²) in [6.45, 7) is 3.87. The van der Waals surface area contributed by atoms with Crippen molar-refractivity contribution in [3.05, 3.63) is 69.6 Å². The molecule has 148 valence electrons. The molecule has 0 bridgehead atoms. The summed E-state index contributed by atoms with van der Waals surface area (Å²) in [6, 6.07) is 13.1. The first-order valence-corrected chi connectivity index (χ1v) is 10.0. The van der Waals surface area contributed by atoms with Crippen molar-refractivity contribution in [1.82, 2.24) is 25.6 Å². The Labute approximate surface area is 183 Å². The first-order chi connectivity index (χ1) is 14.1. The van der Waals surface area contributed by atoms with E-state index >= 15 is 0 Å². The quantitative estimate of drug-likeness (QED) is 0.279. The van der Waals surface area contributed by atoms with E-state index in [-0.39, 0.29) is 12.5 Å². The van der Waals surface area contributed by atoms with E-state index in [0.29, 0.717) is 23.7 Å². The van der Waals surface area contributed by atoms with Crippen LogP contribution in [0, 0.1) is 0 Å². The molecule has 0 aliphatic rings. The minimum Gasteiger partial charge on any atom is -0.488 e. The maximum Gasteiger partial charge on any atom is 0.263 e. The SMILES string of the molecule is C=CCOc1c(Br)cc(Br)cc1C=NNC(=O)Cn1nnc(-c2ccccc2)n1. The molecule has 10 heteroatoms. The van der Waals surface area contributed by atoms with Crippen molar-refractivity contribution in [2.75, 3.05) is 6.61 Å². The van der Waals surface area contributed by atoms with E-state index in [0.717, 1.165) is 14.5 Å². The van der Waals surface area contributed by atoms with Crippen molar-refractivity contribution in [3.8, 4) is 17.1 Å². The van der Waals surface area contributed by atoms with E-state index in [9.17, 15) is 4.79 Å². The van der Waals surface area contributed by atoms with Crippen LogP contribution in [0.2, 0.25) is 0 Å². The maximum atomic E-state index is 12.1. The molecule has 0 spiro atoms. The Morgan fingerprint density at radius 1 is 1.28 bits per heavy atom. The highest BCUT2D eigenvalue weighted by Crippen LogP contribution is 2.32. The highest BCUT2D eigenvalue weighted by Gasteiger charge is 2.10. The van der Waals surface area contributed by atoms with Crippen LogP contribution in [0.15, 0.2) is 69.2 Å². The van der Waals surface area contributed by atoms with Crippen LogP contribution in [0.1, 0.15) is 5.56 Å². The Hall–Kier alpha value is -2.85. The van der Waals surface area contributed by atoms with Gasteiger partial charge in [-0.3, -0.25) is 4.79 Å². The molecule has 0 aliphatic carbocycles. The van der Waals surface area contributed by atoms with Crippen LogP contribution in [0.25, 0.3) is 11.4 Å². The van der Waals surface area contributed by atoms with E-state index in [2.05, 4.69) is 64.4 Å². The van der Waals surface area contributed by atoms with Gasteiger partial charge >= 0.3 is 0 Å². The molecule has 0 saturated carbocycles. The Bertz CT molecular complexity index is 1040. The van der Waals surface area contributed by atoms with Gasteiger partial charge in [-0.25, -0.2) is 5.43 Å². The number of aromatic nitrogens is 4. The molecule has 1 aromatic heterocycles. The Morgan fingerprint density at radius 3 is 2.83 bits per heavy atom. The number of tetrazole rings is 1. The third-order valence-corrected chi connectivity index (χ3v) is 4.59. The van der Waals surface area contributed by atoms with Crippen molar-refractivity contribution in [3.63, 3.8) is 0 Å². The highest BCUT2D eigenvalue weighted by molar-refractivity contribution is 9.11. The zero-order valence-corrected chi connectivity index (χ0v) is 18.3. The number of nitrogens with zero attached hydrogens (tertiary/aromatic N) is 5. The second-order valence-corrected chi connectivity index (χ2v) is 7.48. The summed E-state index contributed by atoms with van der Waals surface area (Å²) in [5.74, 6) is 0.655. The standard InChI is InChI=1S/C19H16Br2N6O2/c1-2-8-29-18-14(9-15(20)10-16(18)21)11-22-23-17(28)12-27-25-19(24-26-27)13-6-4-3-5-7-13/h2-7,9-11H,1,8,12H2,(H,23,28). The van der Waals surface area contributed by atoms with Crippen molar-refractivity contribution in [1.29, 1.82) is 0 Å². The summed E-state index contributed by atoms with van der Waals surface area (Å²) < 4.78 is 7.24. The molecule has 3 aromatic rings. The Kier molecular flexibility index (Phi) is 7.25. The van der Waals surface area contributed by atoms with Crippen LogP contribution >= 0.6 is 31.9 Å². The number of carbonyl (C=O) groups excluding carboxylic acids is 1. The molecule has 2 aromatic carbocycles. The summed E-state index contributed by atoms with van der Waals surface area (Å²) in [7, 11) is 0. The van der Waals surface area contributed by atoms with Crippen LogP contribution < -0.4 is 10.2 Å². The van der Waals surface area contributed by atoms with Crippen molar-refractivity contribution < 1.29 is 9.53 Å². The number of halogens is 2. The lowest BCUT2D eigenvalue weighted by Gasteiger charge is -2.10. The largest absolute Gasteiger partial charge is 0.488 e. The number of rotatable bonds is 8. The summed E-state index contributed by atoms with van der Waals surface area (Å²) >= 11 is 6.87. The molecule has 3 rings (SSSR count). The lowest BCUT2D eigenvalue weighted by molar-refractivity contribution is -0.122. The number of carbonyl (C=O) groups is 1. The second-order valence-electron chi connectivity index (χ2n) is 5.71. The van der Waals surface area contributed by atoms with Gasteiger partial charge < -0.3 is 4.74 Å². The van der Waals surface area contributed by atoms with Gasteiger partial charge in [-0.15, -0.1) is 10.2 Å². The average Bonchev–Trinajstić information content (AvgIpc) is 3.16. The van der Waals surface area contributed by atoms with E-state index in [1.807, 2.05) is 42.5 Å². The lowest BCUT2D eigenvalue weighted by Crippen LogP contribution is -2.24. The number of nitrogens with one attached hydrogen (secondary N) is 1. The number of hydrogen-bond donors (Lipinski definition) is 1. The van der Waals surface area contributed by atoms with Crippen molar-refractivity contribution >= 4 is 44.0 Å². The number of amides is 1. The van der Waals surface area contributed by atoms with E-state index in [4.69, 9.17) is 4.74 Å². The molecule has 8 nitrogen and oxygen atoms in total. The monoisotopic (exact) mass is 518 g/mol. The summed E-state index contributed by atoms with van der Waals surface area (Å²) in [4.78, 5) is 13.3. The normalized spacial score (nSPS) is 10.8. The van der Waals surface area contributed by atoms with Crippen molar-refractivity contribution in [2.45, 2.75) is 6.54 Å². The molecule has 0 radical (unpaired) electrons. The fourth-order valence-electron chi connectivity index (χ4n) is 2.32. The topological polar surface area (TPSA) is 94.3 Å². The predicted molar refractivity (Wildman–Crippen MR) is 117 cm³/mol. The average molecular weight is 520 g/mol. The minimum absolute atomic E-state index is 0.112. The van der Waals surface area contributed by atoms with Gasteiger partial charge in [0.2, 0.25) is 5.82 Å². The number of hydrazone groups is 1. The van der Waals surface area contributed by atoms with Gasteiger partial charge in [-0.05, 0) is 33.3 Å². The molecular formula is C19H16Br2N6O2. The van der Waals surface area contributed by atoms with Gasteiger partial charge in [0.1, 0.15) is 18.9 Å². The molecule has 1 heterocycles. The summed E-state index contributed by atoms with van der Waals surface area (Å²) in [5.41, 5.74) is 3.95. The van der Waals surface area contributed by atoms with Crippen LogP contribution in [0.4, 0.5) is 0 Å². The zero-order chi connectivity index (χ0) is 20.6. The smallest absolute Gasteiger partial charge is 0.263 e. The van der Waals surface area contributed by atoms with Crippen LogP contribution in [0.5, 0.6) is 5.75 Å². The molecule has 0 fully saturated rings. The Morgan fingerprint density at radius 2 is 2.07 bits per heavy atom. The number of ether oxygens (including phenoxy) is 1. The fraction of sp³-hybridized carbons (Fsp3) is 0.105. The van der Waals surface area contributed by atoms with Gasteiger partial charge in [-0.1, -0.05) is 58.9 Å². The fourth-order valence-corrected chi connectivity index (χ4v) is 3.69. The molecule has 0 unspecified atom stereocenters. The minimum atomic E-state index is -0.388. The van der Waals surface area contributed by atoms with E-state index < -0.39 is 0 Å². The molecule has 1 N–H and O–H groups in total. The predicted octanol–water partition coefficient (Wildman–Crippen LogP) is 3.58. The van der Waals surface area contributed by atoms with Gasteiger partial charge in [-0.2, -0.15) is 9.90 Å². The van der Waals surface area contributed by atoms with Gasteiger partial charge in [0, 0.05) is 15.6 Å². The Balaban J connectivity index is 1.63. The molecule has 29 heavy (non-hydrogen) atoms. The summed E-state index contributed by atoms with van der Waals surface area (Å²) in [6.07, 6.45) is 3.14. The highest BCUT2D eigenvalue weighted by atomic mass is 79.9. The number of benzene rings is 2. The van der Waals surface area contributed by atoms with Crippen LogP contribution in [0.3, 0.4) is 0 Å². The lowest BCUT2D eigenvalue weighted by atomic mass is 10.2. The zero-order valence-electron chi connectivity index (χ0n) is 15.1. The molecular weight excluding hydrogens is 504 g/mol. The maximum absolute atomic E-state index is 12.1. The number of hydrogen-bond acceptors (Lipinski definition) is 6. The van der Waals surface area contributed by atoms with Gasteiger partial charge in [0.15, 0.2) is 0 Å². The summed E-state index contributed by atoms with van der Waals surface area (Å²) in [5, 5.41) is 16.0. The van der Waals surface area contributed by atoms with E-state index in [1.165, 1.54) is 11.0 Å². The van der Waals surface area contributed by atoms with Crippen molar-refractivity contribution in [2.24, 2.45) is 5.10 Å². The third kappa shape index (κ3) is 5.81. The molecule has 0 aliphatic heterocycles. The first kappa shape index (κ1) is 20.9. The second kappa shape index (κ2) is 10.1. The molecule has 0 saturated heterocycles. The van der Waals surface area contributed by atoms with Crippen LogP contribution in [-0.4, -0.2) is 38.9 Å². The first-order valence-electron chi connectivity index (χ1n) is 8.44. The van der Waals surface area contributed by atoms with E-state index in [1.54, 1.807) is 6.08 Å². The van der Waals surface area contributed by atoms with Gasteiger partial charge in [0.05, 0.1) is 10.7 Å². The van der Waals surface area contributed by atoms with Crippen LogP contribution in [-0.2, 0) is 11.3 Å². The molecule has 0 atom stereocenters. The molecule has 1 amide bonds. The van der Waals surface area contributed by atoms with Gasteiger partial charge in [0.25, 0.3) is 5.91 Å².